The molecule has 2 heterocycles. The van der Waals surface area contributed by atoms with Gasteiger partial charge >= 0.3 is 0 Å². The van der Waals surface area contributed by atoms with E-state index in [4.69, 9.17) is 0 Å². The van der Waals surface area contributed by atoms with E-state index < -0.39 is 5.60 Å². The summed E-state index contributed by atoms with van der Waals surface area (Å²) in [6.45, 7) is 4.58. The van der Waals surface area contributed by atoms with Gasteiger partial charge in [0.1, 0.15) is 11.5 Å². The SMILES string of the molecule is Cc1ncc(C(=O)N2CCC[C@@H]2[C@@H]2CCCC[C@@]2(C)O)[nH]1. The molecule has 1 amide bonds. The van der Waals surface area contributed by atoms with Crippen molar-refractivity contribution in [2.45, 2.75) is 64.0 Å². The number of aromatic amines is 1. The number of nitrogens with zero attached hydrogens (tertiary/aromatic N) is 2. The molecule has 116 valence electrons. The number of carbonyl (C=O) groups is 1. The minimum absolute atomic E-state index is 0.0273. The molecule has 5 heteroatoms. The van der Waals surface area contributed by atoms with Gasteiger partial charge in [-0.25, -0.2) is 4.98 Å². The van der Waals surface area contributed by atoms with Crippen LogP contribution in [-0.2, 0) is 0 Å². The second-order valence-electron chi connectivity index (χ2n) is 6.80. The molecule has 1 aliphatic carbocycles. The Morgan fingerprint density at radius 3 is 2.90 bits per heavy atom. The van der Waals surface area contributed by atoms with Crippen LogP contribution in [0.25, 0.3) is 0 Å². The first-order chi connectivity index (χ1) is 9.99. The monoisotopic (exact) mass is 291 g/mol. The van der Waals surface area contributed by atoms with Gasteiger partial charge in [0.15, 0.2) is 0 Å². The van der Waals surface area contributed by atoms with Gasteiger partial charge in [0, 0.05) is 18.5 Å². The number of hydrogen-bond donors (Lipinski definition) is 2. The molecule has 0 unspecified atom stereocenters. The van der Waals surface area contributed by atoms with Crippen LogP contribution in [0.2, 0.25) is 0 Å². The van der Waals surface area contributed by atoms with Gasteiger partial charge in [0.2, 0.25) is 0 Å². The molecule has 5 nitrogen and oxygen atoms in total. The largest absolute Gasteiger partial charge is 0.390 e. The van der Waals surface area contributed by atoms with Crippen LogP contribution in [0.15, 0.2) is 6.20 Å². The number of rotatable bonds is 2. The fraction of sp³-hybridized carbons (Fsp3) is 0.750. The van der Waals surface area contributed by atoms with Gasteiger partial charge in [0.05, 0.1) is 11.8 Å². The third kappa shape index (κ3) is 2.71. The molecule has 3 atom stereocenters. The van der Waals surface area contributed by atoms with Gasteiger partial charge in [-0.15, -0.1) is 0 Å². The van der Waals surface area contributed by atoms with Crippen LogP contribution in [0.5, 0.6) is 0 Å². The number of amides is 1. The summed E-state index contributed by atoms with van der Waals surface area (Å²) in [6, 6.07) is 0.163. The van der Waals surface area contributed by atoms with Crippen molar-refractivity contribution in [1.29, 1.82) is 0 Å². The summed E-state index contributed by atoms with van der Waals surface area (Å²) in [7, 11) is 0. The van der Waals surface area contributed by atoms with Crippen LogP contribution < -0.4 is 0 Å². The van der Waals surface area contributed by atoms with Crippen LogP contribution in [-0.4, -0.2) is 44.1 Å². The van der Waals surface area contributed by atoms with E-state index in [-0.39, 0.29) is 17.9 Å². The molecule has 2 aliphatic rings. The average molecular weight is 291 g/mol. The summed E-state index contributed by atoms with van der Waals surface area (Å²) < 4.78 is 0. The van der Waals surface area contributed by atoms with Gasteiger partial charge in [-0.05, 0) is 39.5 Å². The van der Waals surface area contributed by atoms with E-state index in [0.717, 1.165) is 50.9 Å². The van der Waals surface area contributed by atoms with Gasteiger partial charge in [0.25, 0.3) is 5.91 Å². The Labute approximate surface area is 125 Å². The van der Waals surface area contributed by atoms with Crippen molar-refractivity contribution in [3.05, 3.63) is 17.7 Å². The molecule has 3 rings (SSSR count). The third-order valence-corrected chi connectivity index (χ3v) is 5.20. The third-order valence-electron chi connectivity index (χ3n) is 5.20. The van der Waals surface area contributed by atoms with Gasteiger partial charge in [-0.2, -0.15) is 0 Å². The first-order valence-electron chi connectivity index (χ1n) is 8.04. The second kappa shape index (κ2) is 5.44. The molecule has 0 spiro atoms. The number of H-pyrrole nitrogens is 1. The molecule has 1 aromatic heterocycles. The van der Waals surface area contributed by atoms with Crippen LogP contribution in [0.4, 0.5) is 0 Å². The smallest absolute Gasteiger partial charge is 0.272 e. The molecule has 2 fully saturated rings. The van der Waals surface area contributed by atoms with E-state index in [2.05, 4.69) is 9.97 Å². The summed E-state index contributed by atoms with van der Waals surface area (Å²) in [6.07, 6.45) is 7.75. The van der Waals surface area contributed by atoms with E-state index >= 15 is 0 Å². The van der Waals surface area contributed by atoms with Crippen molar-refractivity contribution in [2.75, 3.05) is 6.54 Å². The quantitative estimate of drug-likeness (QED) is 0.878. The lowest BCUT2D eigenvalue weighted by atomic mass is 9.72. The molecular formula is C16H25N3O2. The Morgan fingerprint density at radius 1 is 1.43 bits per heavy atom. The number of aliphatic hydroxyl groups is 1. The minimum atomic E-state index is -0.643. The first kappa shape index (κ1) is 14.6. The zero-order valence-corrected chi connectivity index (χ0v) is 12.9. The van der Waals surface area contributed by atoms with E-state index in [9.17, 15) is 9.90 Å². The summed E-state index contributed by atoms with van der Waals surface area (Å²) in [5.41, 5.74) is -0.0785. The Balaban J connectivity index is 1.80. The van der Waals surface area contributed by atoms with Crippen LogP contribution >= 0.6 is 0 Å². The van der Waals surface area contributed by atoms with Crippen molar-refractivity contribution in [3.8, 4) is 0 Å². The number of nitrogens with one attached hydrogen (secondary N) is 1. The fourth-order valence-corrected chi connectivity index (χ4v) is 4.10. The van der Waals surface area contributed by atoms with E-state index in [1.54, 1.807) is 6.20 Å². The maximum absolute atomic E-state index is 12.7. The number of aromatic nitrogens is 2. The van der Waals surface area contributed by atoms with Crippen molar-refractivity contribution in [1.82, 2.24) is 14.9 Å². The number of aryl methyl sites for hydroxylation is 1. The fourth-order valence-electron chi connectivity index (χ4n) is 4.10. The van der Waals surface area contributed by atoms with E-state index in [1.807, 2.05) is 18.7 Å². The Morgan fingerprint density at radius 2 is 2.24 bits per heavy atom. The molecule has 1 aliphatic heterocycles. The molecular weight excluding hydrogens is 266 g/mol. The van der Waals surface area contributed by atoms with Gasteiger partial charge in [-0.3, -0.25) is 4.79 Å². The molecule has 21 heavy (non-hydrogen) atoms. The zero-order chi connectivity index (χ0) is 15.0. The minimum Gasteiger partial charge on any atom is -0.390 e. The number of hydrogen-bond acceptors (Lipinski definition) is 3. The van der Waals surface area contributed by atoms with Crippen LogP contribution in [0.1, 0.15) is 61.8 Å². The lowest BCUT2D eigenvalue weighted by Gasteiger charge is -2.43. The van der Waals surface area contributed by atoms with E-state index in [0.29, 0.717) is 5.69 Å². The highest BCUT2D eigenvalue weighted by Gasteiger charge is 2.44. The maximum Gasteiger partial charge on any atom is 0.272 e. The molecule has 1 saturated carbocycles. The van der Waals surface area contributed by atoms with Crippen LogP contribution in [0, 0.1) is 12.8 Å². The van der Waals surface area contributed by atoms with E-state index in [1.165, 1.54) is 0 Å². The highest BCUT2D eigenvalue weighted by atomic mass is 16.3. The molecule has 1 saturated heterocycles. The summed E-state index contributed by atoms with van der Waals surface area (Å²) in [5.74, 6) is 0.986. The molecule has 0 bridgehead atoms. The predicted octanol–water partition coefficient (Wildman–Crippen LogP) is 2.26. The standard InChI is InChI=1S/C16H25N3O2/c1-11-17-10-13(18-11)15(20)19-9-5-7-14(19)12-6-3-4-8-16(12,2)21/h10,12,14,21H,3-9H2,1-2H3,(H,17,18)/t12-,14+,16+/m0/s1. The average Bonchev–Trinajstić information content (AvgIpc) is 3.06. The first-order valence-corrected chi connectivity index (χ1v) is 8.04. The van der Waals surface area contributed by atoms with Gasteiger partial charge in [-0.1, -0.05) is 12.8 Å². The lowest BCUT2D eigenvalue weighted by Crippen LogP contribution is -2.50. The van der Waals surface area contributed by atoms with Gasteiger partial charge < -0.3 is 15.0 Å². The van der Waals surface area contributed by atoms with Crippen LogP contribution in [0.3, 0.4) is 0 Å². The maximum atomic E-state index is 12.7. The van der Waals surface area contributed by atoms with Crippen molar-refractivity contribution >= 4 is 5.91 Å². The molecule has 0 radical (unpaired) electrons. The molecule has 1 aromatic rings. The summed E-state index contributed by atoms with van der Waals surface area (Å²) in [5, 5.41) is 10.7. The number of likely N-dealkylation sites (tertiary alicyclic amines) is 1. The molecule has 0 aromatic carbocycles. The Bertz CT molecular complexity index is 523. The zero-order valence-electron chi connectivity index (χ0n) is 12.9. The second-order valence-corrected chi connectivity index (χ2v) is 6.80. The normalized spacial score (nSPS) is 33.4. The summed E-state index contributed by atoms with van der Waals surface area (Å²) in [4.78, 5) is 21.8. The van der Waals surface area contributed by atoms with Crippen molar-refractivity contribution in [2.24, 2.45) is 5.92 Å². The lowest BCUT2D eigenvalue weighted by molar-refractivity contribution is -0.0578. The molecule has 2 N–H and O–H groups in total. The number of carbonyl (C=O) groups excluding carboxylic acids is 1. The highest BCUT2D eigenvalue weighted by molar-refractivity contribution is 5.92. The topological polar surface area (TPSA) is 69.2 Å². The van der Waals surface area contributed by atoms with Crippen molar-refractivity contribution in [3.63, 3.8) is 0 Å². The van der Waals surface area contributed by atoms with Crippen molar-refractivity contribution < 1.29 is 9.90 Å². The predicted molar refractivity (Wildman–Crippen MR) is 80.0 cm³/mol. The highest BCUT2D eigenvalue weighted by Crippen LogP contribution is 2.40. The number of imidazole rings is 1. The Kier molecular flexibility index (Phi) is 3.78. The summed E-state index contributed by atoms with van der Waals surface area (Å²) >= 11 is 0. The Hall–Kier alpha value is -1.36.